The zero-order valence-corrected chi connectivity index (χ0v) is 16.8. The fourth-order valence-corrected chi connectivity index (χ4v) is 3.63. The summed E-state index contributed by atoms with van der Waals surface area (Å²) in [6.45, 7) is 7.92. The van der Waals surface area contributed by atoms with Crippen molar-refractivity contribution in [2.24, 2.45) is 5.92 Å². The molecule has 1 aromatic heterocycles. The topological polar surface area (TPSA) is 69.4 Å². The highest BCUT2D eigenvalue weighted by Gasteiger charge is 2.31. The number of nitrogens with zero attached hydrogens (tertiary/aromatic N) is 2. The molecule has 1 saturated heterocycles. The average Bonchev–Trinajstić information content (AvgIpc) is 3.17. The Bertz CT molecular complexity index is 710. The smallest absolute Gasteiger partial charge is 0.244 e. The summed E-state index contributed by atoms with van der Waals surface area (Å²) in [4.78, 5) is 4.67. The van der Waals surface area contributed by atoms with Crippen LogP contribution in [0.1, 0.15) is 62.9 Å². The number of hydrogen-bond donors (Lipinski definition) is 1. The number of benzene rings is 1. The Labute approximate surface area is 161 Å². The summed E-state index contributed by atoms with van der Waals surface area (Å²) in [5.41, 5.74) is 1.19. The minimum atomic E-state index is 0.0404. The number of hydrogen-bond acceptors (Lipinski definition) is 6. The normalized spacial score (nSPS) is 17.8. The van der Waals surface area contributed by atoms with E-state index in [1.165, 1.54) is 5.56 Å². The van der Waals surface area contributed by atoms with Crippen molar-refractivity contribution in [3.8, 4) is 5.75 Å². The van der Waals surface area contributed by atoms with E-state index in [2.05, 4.69) is 42.3 Å². The number of ether oxygens (including phenoxy) is 2. The van der Waals surface area contributed by atoms with Gasteiger partial charge in [-0.15, -0.1) is 0 Å². The molecule has 1 aliphatic heterocycles. The molecule has 2 aromatic rings. The molecule has 6 nitrogen and oxygen atoms in total. The highest BCUT2D eigenvalue weighted by atomic mass is 16.5. The third-order valence-electron chi connectivity index (χ3n) is 5.16. The summed E-state index contributed by atoms with van der Waals surface area (Å²) in [5, 5.41) is 7.92. The second-order valence-corrected chi connectivity index (χ2v) is 7.66. The van der Waals surface area contributed by atoms with Gasteiger partial charge in [0.05, 0.1) is 13.2 Å². The maximum Gasteiger partial charge on any atom is 0.244 e. The van der Waals surface area contributed by atoms with E-state index in [9.17, 15) is 0 Å². The van der Waals surface area contributed by atoms with E-state index in [1.54, 1.807) is 7.11 Å². The highest BCUT2D eigenvalue weighted by molar-refractivity contribution is 5.33. The Morgan fingerprint density at radius 3 is 2.59 bits per heavy atom. The van der Waals surface area contributed by atoms with Gasteiger partial charge in [-0.3, -0.25) is 0 Å². The molecule has 0 amide bonds. The second-order valence-electron chi connectivity index (χ2n) is 7.66. The molecule has 0 unspecified atom stereocenters. The number of nitrogens with one attached hydrogen (secondary N) is 1. The van der Waals surface area contributed by atoms with Gasteiger partial charge in [0, 0.05) is 25.2 Å². The summed E-state index contributed by atoms with van der Waals surface area (Å²) in [5.74, 6) is 3.07. The predicted molar refractivity (Wildman–Crippen MR) is 104 cm³/mol. The first-order chi connectivity index (χ1) is 13.1. The maximum absolute atomic E-state index is 5.65. The van der Waals surface area contributed by atoms with Gasteiger partial charge < -0.3 is 19.3 Å². The van der Waals surface area contributed by atoms with E-state index >= 15 is 0 Å². The zero-order valence-electron chi connectivity index (χ0n) is 16.8. The van der Waals surface area contributed by atoms with Crippen LogP contribution in [0.25, 0.3) is 0 Å². The van der Waals surface area contributed by atoms with Crippen LogP contribution in [-0.2, 0) is 11.2 Å². The minimum absolute atomic E-state index is 0.0404. The molecule has 2 heterocycles. The summed E-state index contributed by atoms with van der Waals surface area (Å²) in [6.07, 6.45) is 2.87. The Morgan fingerprint density at radius 1 is 1.19 bits per heavy atom. The first-order valence-corrected chi connectivity index (χ1v) is 9.87. The van der Waals surface area contributed by atoms with Gasteiger partial charge in [0.1, 0.15) is 5.75 Å². The van der Waals surface area contributed by atoms with Crippen LogP contribution in [0.4, 0.5) is 0 Å². The Hall–Kier alpha value is -1.92. The lowest BCUT2D eigenvalue weighted by Gasteiger charge is -2.31. The molecule has 27 heavy (non-hydrogen) atoms. The molecule has 1 N–H and O–H groups in total. The SMILES string of the molecule is COc1ccccc1C[C@H](C)N[C@@H](c1nc(C(C)C)no1)C1CCOCC1. The van der Waals surface area contributed by atoms with Crippen molar-refractivity contribution in [2.45, 2.75) is 58.0 Å². The summed E-state index contributed by atoms with van der Waals surface area (Å²) in [7, 11) is 1.72. The Kier molecular flexibility index (Phi) is 6.85. The lowest BCUT2D eigenvalue weighted by atomic mass is 9.90. The lowest BCUT2D eigenvalue weighted by Crippen LogP contribution is -2.38. The van der Waals surface area contributed by atoms with E-state index in [0.29, 0.717) is 11.8 Å². The van der Waals surface area contributed by atoms with Crippen molar-refractivity contribution < 1.29 is 14.0 Å². The molecule has 1 aromatic carbocycles. The first-order valence-electron chi connectivity index (χ1n) is 9.87. The molecule has 3 rings (SSSR count). The number of methoxy groups -OCH3 is 1. The van der Waals surface area contributed by atoms with Crippen molar-refractivity contribution in [3.63, 3.8) is 0 Å². The lowest BCUT2D eigenvalue weighted by molar-refractivity contribution is 0.0471. The van der Waals surface area contributed by atoms with E-state index < -0.39 is 0 Å². The third kappa shape index (κ3) is 5.08. The summed E-state index contributed by atoms with van der Waals surface area (Å²) >= 11 is 0. The van der Waals surface area contributed by atoms with Gasteiger partial charge in [-0.25, -0.2) is 0 Å². The fourth-order valence-electron chi connectivity index (χ4n) is 3.63. The van der Waals surface area contributed by atoms with Crippen LogP contribution in [0, 0.1) is 5.92 Å². The highest BCUT2D eigenvalue weighted by Crippen LogP contribution is 2.31. The molecule has 0 bridgehead atoms. The molecule has 1 fully saturated rings. The maximum atomic E-state index is 5.65. The number of aromatic nitrogens is 2. The van der Waals surface area contributed by atoms with Crippen molar-refractivity contribution >= 4 is 0 Å². The van der Waals surface area contributed by atoms with Crippen LogP contribution in [0.2, 0.25) is 0 Å². The second kappa shape index (κ2) is 9.33. The number of para-hydroxylation sites is 1. The number of rotatable bonds is 8. The third-order valence-corrected chi connectivity index (χ3v) is 5.16. The Morgan fingerprint density at radius 2 is 1.93 bits per heavy atom. The standard InChI is InChI=1S/C21H31N3O3/c1-14(2)20-23-21(27-24-20)19(16-9-11-26-12-10-16)22-15(3)13-17-7-5-6-8-18(17)25-4/h5-8,14-16,19,22H,9-13H2,1-4H3/t15-,19+/m0/s1. The van der Waals surface area contributed by atoms with Crippen LogP contribution in [0.5, 0.6) is 5.75 Å². The van der Waals surface area contributed by atoms with Gasteiger partial charge in [-0.1, -0.05) is 37.2 Å². The van der Waals surface area contributed by atoms with Crippen molar-refractivity contribution in [1.82, 2.24) is 15.5 Å². The van der Waals surface area contributed by atoms with Crippen molar-refractivity contribution in [2.75, 3.05) is 20.3 Å². The molecule has 0 radical (unpaired) electrons. The summed E-state index contributed by atoms with van der Waals surface area (Å²) < 4.78 is 16.7. The molecule has 0 saturated carbocycles. The molecule has 0 aliphatic carbocycles. The van der Waals surface area contributed by atoms with Crippen LogP contribution >= 0.6 is 0 Å². The minimum Gasteiger partial charge on any atom is -0.496 e. The molecular weight excluding hydrogens is 342 g/mol. The fraction of sp³-hybridized carbons (Fsp3) is 0.619. The van der Waals surface area contributed by atoms with Crippen molar-refractivity contribution in [1.29, 1.82) is 0 Å². The van der Waals surface area contributed by atoms with Gasteiger partial charge in [-0.05, 0) is 43.7 Å². The first kappa shape index (κ1) is 19.8. The molecule has 1 aliphatic rings. The van der Waals surface area contributed by atoms with E-state index in [0.717, 1.165) is 44.1 Å². The van der Waals surface area contributed by atoms with E-state index in [1.807, 2.05) is 18.2 Å². The van der Waals surface area contributed by atoms with Crippen LogP contribution < -0.4 is 10.1 Å². The van der Waals surface area contributed by atoms with Crippen LogP contribution in [-0.4, -0.2) is 36.5 Å². The predicted octanol–water partition coefficient (Wildman–Crippen LogP) is 3.89. The Balaban J connectivity index is 1.75. The van der Waals surface area contributed by atoms with Crippen LogP contribution in [0.15, 0.2) is 28.8 Å². The van der Waals surface area contributed by atoms with E-state index in [-0.39, 0.29) is 18.0 Å². The van der Waals surface area contributed by atoms with Crippen LogP contribution in [0.3, 0.4) is 0 Å². The molecular formula is C21H31N3O3. The van der Waals surface area contributed by atoms with Gasteiger partial charge in [0.15, 0.2) is 5.82 Å². The molecule has 148 valence electrons. The molecule has 0 spiro atoms. The van der Waals surface area contributed by atoms with Gasteiger partial charge in [0.25, 0.3) is 0 Å². The van der Waals surface area contributed by atoms with Crippen molar-refractivity contribution in [3.05, 3.63) is 41.5 Å². The average molecular weight is 373 g/mol. The zero-order chi connectivity index (χ0) is 19.2. The molecule has 2 atom stereocenters. The largest absolute Gasteiger partial charge is 0.496 e. The quantitative estimate of drug-likeness (QED) is 0.757. The van der Waals surface area contributed by atoms with Gasteiger partial charge in [0.2, 0.25) is 5.89 Å². The van der Waals surface area contributed by atoms with Gasteiger partial charge >= 0.3 is 0 Å². The monoisotopic (exact) mass is 373 g/mol. The van der Waals surface area contributed by atoms with E-state index in [4.69, 9.17) is 14.0 Å². The van der Waals surface area contributed by atoms with Gasteiger partial charge in [-0.2, -0.15) is 4.98 Å². The molecule has 6 heteroatoms. The summed E-state index contributed by atoms with van der Waals surface area (Å²) in [6, 6.07) is 8.45.